The highest BCUT2D eigenvalue weighted by atomic mass is 16.5. The summed E-state index contributed by atoms with van der Waals surface area (Å²) >= 11 is 0. The number of amides is 1. The minimum atomic E-state index is -0.836. The van der Waals surface area contributed by atoms with Crippen LogP contribution in [0.15, 0.2) is 42.5 Å². The van der Waals surface area contributed by atoms with E-state index in [1.54, 1.807) is 12.1 Å². The average molecular weight is 350 g/mol. The molecule has 1 heterocycles. The lowest BCUT2D eigenvalue weighted by atomic mass is 9.99. The lowest BCUT2D eigenvalue weighted by Crippen LogP contribution is -2.40. The highest BCUT2D eigenvalue weighted by Crippen LogP contribution is 2.25. The van der Waals surface area contributed by atoms with Gasteiger partial charge >= 0.3 is 11.9 Å². The van der Waals surface area contributed by atoms with Crippen LogP contribution in [0, 0.1) is 6.57 Å². The van der Waals surface area contributed by atoms with Gasteiger partial charge in [-0.05, 0) is 35.2 Å². The Morgan fingerprint density at radius 3 is 2.62 bits per heavy atom. The van der Waals surface area contributed by atoms with Gasteiger partial charge in [0.2, 0.25) is 0 Å². The molecule has 0 saturated heterocycles. The Labute approximate surface area is 151 Å². The van der Waals surface area contributed by atoms with Gasteiger partial charge in [0.25, 0.3) is 0 Å². The van der Waals surface area contributed by atoms with E-state index < -0.39 is 11.9 Å². The Kier molecular flexibility index (Phi) is 5.18. The van der Waals surface area contributed by atoms with Crippen LogP contribution < -0.4 is 4.74 Å². The number of rotatable bonds is 3. The molecular weight excluding hydrogens is 332 g/mol. The minimum absolute atomic E-state index is 0.391. The molecule has 0 spiro atoms. The Hall–Kier alpha value is -3.33. The predicted molar refractivity (Wildman–Crippen MR) is 94.6 cm³/mol. The number of hydrogen-bond donors (Lipinski definition) is 0. The van der Waals surface area contributed by atoms with E-state index in [0.29, 0.717) is 31.8 Å². The fourth-order valence-corrected chi connectivity index (χ4v) is 2.84. The maximum Gasteiger partial charge on any atom is 0.396 e. The first-order valence-electron chi connectivity index (χ1n) is 8.19. The highest BCUT2D eigenvalue weighted by molar-refractivity contribution is 6.32. The van der Waals surface area contributed by atoms with Crippen molar-refractivity contribution in [2.45, 2.75) is 19.6 Å². The van der Waals surface area contributed by atoms with Crippen LogP contribution in [0.4, 0.5) is 5.69 Å². The molecule has 0 unspecified atom stereocenters. The molecule has 0 fully saturated rings. The van der Waals surface area contributed by atoms with Gasteiger partial charge in [-0.15, -0.1) is 0 Å². The molecule has 2 aromatic carbocycles. The number of nitrogens with zero attached hydrogens (tertiary/aromatic N) is 2. The molecule has 6 nitrogen and oxygen atoms in total. The van der Waals surface area contributed by atoms with Gasteiger partial charge in [0.05, 0.1) is 13.7 Å². The van der Waals surface area contributed by atoms with Gasteiger partial charge < -0.3 is 14.4 Å². The Bertz CT molecular complexity index is 868. The maximum absolute atomic E-state index is 11.9. The second-order valence-corrected chi connectivity index (χ2v) is 5.97. The van der Waals surface area contributed by atoms with Gasteiger partial charge in [-0.25, -0.2) is 9.64 Å². The van der Waals surface area contributed by atoms with Crippen LogP contribution in [0.5, 0.6) is 5.75 Å². The van der Waals surface area contributed by atoms with Gasteiger partial charge in [-0.3, -0.25) is 4.79 Å². The first-order chi connectivity index (χ1) is 12.6. The van der Waals surface area contributed by atoms with Gasteiger partial charge in [-0.2, -0.15) is 0 Å². The zero-order valence-corrected chi connectivity index (χ0v) is 14.4. The van der Waals surface area contributed by atoms with Crippen LogP contribution in [0.25, 0.3) is 4.85 Å². The van der Waals surface area contributed by atoms with Crippen molar-refractivity contribution in [3.05, 3.63) is 70.6 Å². The molecule has 0 aliphatic carbocycles. The molecule has 0 saturated carbocycles. The molecule has 0 N–H and O–H groups in total. The van der Waals surface area contributed by atoms with E-state index in [1.165, 1.54) is 12.0 Å². The van der Waals surface area contributed by atoms with Gasteiger partial charge in [0.15, 0.2) is 5.69 Å². The summed E-state index contributed by atoms with van der Waals surface area (Å²) in [5.74, 6) is -0.690. The van der Waals surface area contributed by atoms with Crippen molar-refractivity contribution in [3.63, 3.8) is 0 Å². The molecule has 26 heavy (non-hydrogen) atoms. The number of esters is 1. The monoisotopic (exact) mass is 350 g/mol. The van der Waals surface area contributed by atoms with E-state index in [9.17, 15) is 9.59 Å². The average Bonchev–Trinajstić information content (AvgIpc) is 2.70. The van der Waals surface area contributed by atoms with Gasteiger partial charge in [0.1, 0.15) is 12.4 Å². The third-order valence-electron chi connectivity index (χ3n) is 4.31. The Balaban J connectivity index is 1.64. The zero-order valence-electron chi connectivity index (χ0n) is 14.4. The Morgan fingerprint density at radius 2 is 1.92 bits per heavy atom. The molecule has 132 valence electrons. The summed E-state index contributed by atoms with van der Waals surface area (Å²) in [6.07, 6.45) is 0.662. The van der Waals surface area contributed by atoms with E-state index in [0.717, 1.165) is 22.4 Å². The normalized spacial score (nSPS) is 12.7. The van der Waals surface area contributed by atoms with Gasteiger partial charge in [-0.1, -0.05) is 30.3 Å². The molecule has 0 aromatic heterocycles. The van der Waals surface area contributed by atoms with E-state index >= 15 is 0 Å². The summed E-state index contributed by atoms with van der Waals surface area (Å²) < 4.78 is 10.3. The fraction of sp³-hybridized carbons (Fsp3) is 0.250. The smallest absolute Gasteiger partial charge is 0.396 e. The largest absolute Gasteiger partial charge is 0.489 e. The number of hydrogen-bond acceptors (Lipinski definition) is 4. The van der Waals surface area contributed by atoms with Crippen LogP contribution in [0.1, 0.15) is 16.7 Å². The third-order valence-corrected chi connectivity index (χ3v) is 4.31. The standard InChI is InChI=1S/C20H18N2O4/c1-21-17-6-3-14(4-7-17)13-26-18-8-5-16-12-22(10-9-15(16)11-18)19(23)20(24)25-2/h3-8,11H,9-10,12-13H2,2H3. The molecule has 0 bridgehead atoms. The molecule has 3 rings (SSSR count). The van der Waals surface area contributed by atoms with Crippen LogP contribution >= 0.6 is 0 Å². The summed E-state index contributed by atoms with van der Waals surface area (Å²) in [6.45, 7) is 8.24. The first kappa shape index (κ1) is 17.5. The van der Waals surface area contributed by atoms with Crippen molar-refractivity contribution in [2.24, 2.45) is 0 Å². The molecule has 1 aliphatic heterocycles. The Morgan fingerprint density at radius 1 is 1.15 bits per heavy atom. The highest BCUT2D eigenvalue weighted by Gasteiger charge is 2.26. The number of methoxy groups -OCH3 is 1. The van der Waals surface area contributed by atoms with E-state index in [1.807, 2.05) is 30.3 Å². The number of carbonyl (C=O) groups is 2. The summed E-state index contributed by atoms with van der Waals surface area (Å²) in [6, 6.07) is 13.0. The van der Waals surface area contributed by atoms with E-state index in [-0.39, 0.29) is 0 Å². The summed E-state index contributed by atoms with van der Waals surface area (Å²) in [5.41, 5.74) is 3.71. The summed E-state index contributed by atoms with van der Waals surface area (Å²) in [5, 5.41) is 0. The van der Waals surface area contributed by atoms with E-state index in [2.05, 4.69) is 9.58 Å². The maximum atomic E-state index is 11.9. The topological polar surface area (TPSA) is 60.2 Å². The number of carbonyl (C=O) groups excluding carboxylic acids is 2. The second kappa shape index (κ2) is 7.70. The number of fused-ring (bicyclic) bond motifs is 1. The SMILES string of the molecule is [C-]#[N+]c1ccc(COc2ccc3c(c2)CCN(C(=O)C(=O)OC)C3)cc1. The van der Waals surface area contributed by atoms with Crippen LogP contribution in [-0.4, -0.2) is 30.4 Å². The van der Waals surface area contributed by atoms with Crippen molar-refractivity contribution >= 4 is 17.6 Å². The predicted octanol–water partition coefficient (Wildman–Crippen LogP) is 2.87. The van der Waals surface area contributed by atoms with Crippen molar-refractivity contribution in [1.29, 1.82) is 0 Å². The zero-order chi connectivity index (χ0) is 18.5. The summed E-state index contributed by atoms with van der Waals surface area (Å²) in [4.78, 5) is 28.2. The van der Waals surface area contributed by atoms with Crippen LogP contribution in [0.2, 0.25) is 0 Å². The molecule has 0 atom stereocenters. The van der Waals surface area contributed by atoms with Crippen molar-refractivity contribution in [2.75, 3.05) is 13.7 Å². The van der Waals surface area contributed by atoms with E-state index in [4.69, 9.17) is 11.3 Å². The molecule has 1 aliphatic rings. The molecule has 2 aromatic rings. The third kappa shape index (κ3) is 3.83. The molecule has 1 amide bonds. The first-order valence-corrected chi connectivity index (χ1v) is 8.19. The second-order valence-electron chi connectivity index (χ2n) is 5.97. The minimum Gasteiger partial charge on any atom is -0.489 e. The quantitative estimate of drug-likeness (QED) is 0.485. The van der Waals surface area contributed by atoms with Crippen molar-refractivity contribution < 1.29 is 19.1 Å². The molecule has 6 heteroatoms. The lowest BCUT2D eigenvalue weighted by molar-refractivity contribution is -0.158. The summed E-state index contributed by atoms with van der Waals surface area (Å²) in [7, 11) is 1.21. The number of benzene rings is 2. The molecule has 0 radical (unpaired) electrons. The van der Waals surface area contributed by atoms with Crippen molar-refractivity contribution in [3.8, 4) is 5.75 Å². The number of ether oxygens (including phenoxy) is 2. The van der Waals surface area contributed by atoms with Crippen molar-refractivity contribution in [1.82, 2.24) is 4.90 Å². The van der Waals surface area contributed by atoms with Crippen LogP contribution in [0.3, 0.4) is 0 Å². The fourth-order valence-electron chi connectivity index (χ4n) is 2.84. The van der Waals surface area contributed by atoms with Gasteiger partial charge in [0, 0.05) is 13.1 Å². The lowest BCUT2D eigenvalue weighted by Gasteiger charge is -2.28. The van der Waals surface area contributed by atoms with Crippen LogP contribution in [-0.2, 0) is 33.9 Å². The molecular formula is C20H18N2O4.